The first-order valence-electron chi connectivity index (χ1n) is 8.93. The predicted octanol–water partition coefficient (Wildman–Crippen LogP) is 5.62. The van der Waals surface area contributed by atoms with E-state index in [1.54, 1.807) is 0 Å². The third-order valence-corrected chi connectivity index (χ3v) is 5.07. The summed E-state index contributed by atoms with van der Waals surface area (Å²) < 4.78 is 8.34. The van der Waals surface area contributed by atoms with Gasteiger partial charge in [0.05, 0.1) is 0 Å². The van der Waals surface area contributed by atoms with Crippen LogP contribution in [0.15, 0.2) is 89.6 Å². The first kappa shape index (κ1) is 16.5. The molecule has 0 N–H and O–H groups in total. The standard InChI is InChI=1S/C24H23NO/c1-18-9-12-21(13-10-18)24(20-7-5-4-6-8-20,22-15-16-25(3)17-22)23-14-11-19(2)26-23/h4-17H,1-3H3. The quantitative estimate of drug-likeness (QED) is 0.471. The van der Waals surface area contributed by atoms with Gasteiger partial charge in [0.15, 0.2) is 0 Å². The van der Waals surface area contributed by atoms with Crippen LogP contribution in [0.5, 0.6) is 0 Å². The van der Waals surface area contributed by atoms with Crippen LogP contribution >= 0.6 is 0 Å². The molecule has 0 radical (unpaired) electrons. The fraction of sp³-hybridized carbons (Fsp3) is 0.167. The Morgan fingerprint density at radius 2 is 1.42 bits per heavy atom. The van der Waals surface area contributed by atoms with Gasteiger partial charge in [-0.05, 0) is 48.7 Å². The molecule has 4 aromatic rings. The topological polar surface area (TPSA) is 18.1 Å². The molecule has 1 atom stereocenters. The first-order chi connectivity index (χ1) is 12.6. The van der Waals surface area contributed by atoms with Crippen LogP contribution in [-0.4, -0.2) is 4.57 Å². The molecule has 2 aromatic heterocycles. The summed E-state index contributed by atoms with van der Waals surface area (Å²) in [4.78, 5) is 0. The second-order valence-electron chi connectivity index (χ2n) is 6.96. The molecule has 0 saturated heterocycles. The van der Waals surface area contributed by atoms with Gasteiger partial charge in [-0.1, -0.05) is 60.2 Å². The molecule has 2 aromatic carbocycles. The molecule has 0 aliphatic rings. The van der Waals surface area contributed by atoms with Gasteiger partial charge in [-0.15, -0.1) is 0 Å². The van der Waals surface area contributed by atoms with E-state index >= 15 is 0 Å². The molecule has 1 unspecified atom stereocenters. The van der Waals surface area contributed by atoms with E-state index < -0.39 is 5.41 Å². The Labute approximate surface area is 154 Å². The third kappa shape index (κ3) is 2.59. The first-order valence-corrected chi connectivity index (χ1v) is 8.93. The number of nitrogens with zero attached hydrogens (tertiary/aromatic N) is 1. The van der Waals surface area contributed by atoms with Crippen LogP contribution in [-0.2, 0) is 12.5 Å². The van der Waals surface area contributed by atoms with E-state index in [1.165, 1.54) is 22.3 Å². The summed E-state index contributed by atoms with van der Waals surface area (Å²) in [7, 11) is 2.06. The summed E-state index contributed by atoms with van der Waals surface area (Å²) in [5.74, 6) is 1.86. The number of aryl methyl sites for hydroxylation is 3. The van der Waals surface area contributed by atoms with E-state index in [9.17, 15) is 0 Å². The SMILES string of the molecule is Cc1ccc(C(c2ccccc2)(c2ccn(C)c2)c2ccc(C)o2)cc1. The minimum absolute atomic E-state index is 0.482. The van der Waals surface area contributed by atoms with Crippen molar-refractivity contribution in [2.75, 3.05) is 0 Å². The Bertz CT molecular complexity index is 966. The van der Waals surface area contributed by atoms with Crippen molar-refractivity contribution < 1.29 is 4.42 Å². The molecule has 0 fully saturated rings. The lowest BCUT2D eigenvalue weighted by Crippen LogP contribution is -2.30. The Morgan fingerprint density at radius 1 is 0.731 bits per heavy atom. The molecule has 4 rings (SSSR count). The molecule has 26 heavy (non-hydrogen) atoms. The monoisotopic (exact) mass is 341 g/mol. The summed E-state index contributed by atoms with van der Waals surface area (Å²) in [6.45, 7) is 4.12. The van der Waals surface area contributed by atoms with Gasteiger partial charge in [-0.3, -0.25) is 0 Å². The van der Waals surface area contributed by atoms with Crippen LogP contribution in [0.2, 0.25) is 0 Å². The van der Waals surface area contributed by atoms with E-state index in [2.05, 4.69) is 97.7 Å². The molecule has 0 bridgehead atoms. The van der Waals surface area contributed by atoms with Crippen molar-refractivity contribution in [3.05, 3.63) is 119 Å². The number of hydrogen-bond donors (Lipinski definition) is 0. The Hall–Kier alpha value is -3.00. The molecular formula is C24H23NO. The van der Waals surface area contributed by atoms with Gasteiger partial charge in [0, 0.05) is 19.4 Å². The number of benzene rings is 2. The van der Waals surface area contributed by atoms with Crippen molar-refractivity contribution in [2.24, 2.45) is 7.05 Å². The number of hydrogen-bond acceptors (Lipinski definition) is 1. The fourth-order valence-electron chi connectivity index (χ4n) is 3.78. The average molecular weight is 341 g/mol. The third-order valence-electron chi connectivity index (χ3n) is 5.07. The Kier molecular flexibility index (Phi) is 4.04. The summed E-state index contributed by atoms with van der Waals surface area (Å²) in [5.41, 5.74) is 4.37. The maximum absolute atomic E-state index is 6.24. The summed E-state index contributed by atoms with van der Waals surface area (Å²) in [5, 5.41) is 0. The molecule has 2 heterocycles. The maximum atomic E-state index is 6.24. The highest BCUT2D eigenvalue weighted by Gasteiger charge is 2.41. The molecule has 0 aliphatic heterocycles. The minimum atomic E-state index is -0.482. The van der Waals surface area contributed by atoms with Crippen LogP contribution in [0, 0.1) is 13.8 Å². The van der Waals surface area contributed by atoms with Gasteiger partial charge in [0.2, 0.25) is 0 Å². The highest BCUT2D eigenvalue weighted by molar-refractivity contribution is 5.57. The van der Waals surface area contributed by atoms with E-state index in [1.807, 2.05) is 13.0 Å². The van der Waals surface area contributed by atoms with Gasteiger partial charge in [-0.2, -0.15) is 0 Å². The normalized spacial score (nSPS) is 13.5. The highest BCUT2D eigenvalue weighted by Crippen LogP contribution is 2.45. The lowest BCUT2D eigenvalue weighted by molar-refractivity contribution is 0.442. The van der Waals surface area contributed by atoms with Crippen LogP contribution in [0.3, 0.4) is 0 Å². The van der Waals surface area contributed by atoms with Gasteiger partial charge in [0.1, 0.15) is 16.9 Å². The van der Waals surface area contributed by atoms with Gasteiger partial charge >= 0.3 is 0 Å². The number of rotatable bonds is 4. The molecule has 0 aliphatic carbocycles. The molecule has 130 valence electrons. The summed E-state index contributed by atoms with van der Waals surface area (Å²) >= 11 is 0. The summed E-state index contributed by atoms with van der Waals surface area (Å²) in [6.07, 6.45) is 4.28. The Balaban J connectivity index is 2.11. The fourth-order valence-corrected chi connectivity index (χ4v) is 3.78. The zero-order valence-electron chi connectivity index (χ0n) is 15.4. The molecule has 0 saturated carbocycles. The maximum Gasteiger partial charge on any atom is 0.123 e. The average Bonchev–Trinajstić information content (AvgIpc) is 3.27. The number of furan rings is 1. The molecule has 0 spiro atoms. The largest absolute Gasteiger partial charge is 0.465 e. The highest BCUT2D eigenvalue weighted by atomic mass is 16.3. The van der Waals surface area contributed by atoms with Gasteiger partial charge in [-0.25, -0.2) is 0 Å². The second-order valence-corrected chi connectivity index (χ2v) is 6.96. The Morgan fingerprint density at radius 3 is 2.00 bits per heavy atom. The van der Waals surface area contributed by atoms with E-state index in [0.717, 1.165) is 11.5 Å². The van der Waals surface area contributed by atoms with Gasteiger partial charge in [0.25, 0.3) is 0 Å². The molecule has 2 heteroatoms. The summed E-state index contributed by atoms with van der Waals surface area (Å²) in [6, 6.07) is 25.7. The molecular weight excluding hydrogens is 318 g/mol. The zero-order chi connectivity index (χ0) is 18.1. The lowest BCUT2D eigenvalue weighted by atomic mass is 9.68. The van der Waals surface area contributed by atoms with Gasteiger partial charge < -0.3 is 8.98 Å². The smallest absolute Gasteiger partial charge is 0.123 e. The number of aromatic nitrogens is 1. The van der Waals surface area contributed by atoms with E-state index in [4.69, 9.17) is 4.42 Å². The van der Waals surface area contributed by atoms with Crippen molar-refractivity contribution >= 4 is 0 Å². The van der Waals surface area contributed by atoms with Crippen molar-refractivity contribution in [1.29, 1.82) is 0 Å². The van der Waals surface area contributed by atoms with Crippen molar-refractivity contribution in [1.82, 2.24) is 4.57 Å². The lowest BCUT2D eigenvalue weighted by Gasteiger charge is -2.33. The van der Waals surface area contributed by atoms with Crippen molar-refractivity contribution in [2.45, 2.75) is 19.3 Å². The minimum Gasteiger partial charge on any atom is -0.465 e. The van der Waals surface area contributed by atoms with Crippen LogP contribution in [0.4, 0.5) is 0 Å². The predicted molar refractivity (Wildman–Crippen MR) is 105 cm³/mol. The van der Waals surface area contributed by atoms with Crippen molar-refractivity contribution in [3.63, 3.8) is 0 Å². The van der Waals surface area contributed by atoms with Crippen LogP contribution in [0.1, 0.15) is 33.8 Å². The zero-order valence-corrected chi connectivity index (χ0v) is 15.4. The second kappa shape index (κ2) is 6.38. The van der Waals surface area contributed by atoms with E-state index in [-0.39, 0.29) is 0 Å². The molecule has 0 amide bonds. The molecule has 2 nitrogen and oxygen atoms in total. The van der Waals surface area contributed by atoms with Crippen LogP contribution < -0.4 is 0 Å². The van der Waals surface area contributed by atoms with Crippen molar-refractivity contribution in [3.8, 4) is 0 Å². The van der Waals surface area contributed by atoms with Crippen LogP contribution in [0.25, 0.3) is 0 Å². The van der Waals surface area contributed by atoms with E-state index in [0.29, 0.717) is 0 Å².